The first-order valence-corrected chi connectivity index (χ1v) is 8.49. The summed E-state index contributed by atoms with van der Waals surface area (Å²) in [4.78, 5) is 36.7. The summed E-state index contributed by atoms with van der Waals surface area (Å²) in [6, 6.07) is 12.8. The van der Waals surface area contributed by atoms with Gasteiger partial charge in [-0.3, -0.25) is 9.59 Å². The van der Waals surface area contributed by atoms with Gasteiger partial charge in [0.2, 0.25) is 0 Å². The van der Waals surface area contributed by atoms with Gasteiger partial charge in [-0.1, -0.05) is 12.1 Å². The molecule has 0 aliphatic carbocycles. The molecule has 1 atom stereocenters. The Hall–Kier alpha value is -3.81. The highest BCUT2D eigenvalue weighted by Gasteiger charge is 2.22. The van der Waals surface area contributed by atoms with Crippen molar-refractivity contribution in [2.45, 2.75) is 19.6 Å². The third-order valence-corrected chi connectivity index (χ3v) is 3.81. The Morgan fingerprint density at radius 1 is 1.00 bits per heavy atom. The highest BCUT2D eigenvalue weighted by atomic mass is 16.5. The van der Waals surface area contributed by atoms with Crippen LogP contribution in [0, 0.1) is 0 Å². The number of rotatable bonds is 7. The molecule has 0 fully saturated rings. The Morgan fingerprint density at radius 2 is 1.75 bits per heavy atom. The van der Waals surface area contributed by atoms with Crippen LogP contribution < -0.4 is 10.6 Å². The molecule has 0 aliphatic heterocycles. The maximum absolute atomic E-state index is 12.5. The average molecular weight is 382 g/mol. The molecule has 1 aromatic carbocycles. The van der Waals surface area contributed by atoms with Crippen molar-refractivity contribution in [3.63, 3.8) is 0 Å². The second-order valence-corrected chi connectivity index (χ2v) is 5.82. The van der Waals surface area contributed by atoms with E-state index in [1.165, 1.54) is 31.6 Å². The van der Waals surface area contributed by atoms with Crippen molar-refractivity contribution in [2.24, 2.45) is 0 Å². The predicted molar refractivity (Wildman–Crippen MR) is 98.5 cm³/mol. The first kappa shape index (κ1) is 19.0. The number of carbonyl (C=O) groups is 3. The van der Waals surface area contributed by atoms with Gasteiger partial charge in [-0.2, -0.15) is 0 Å². The summed E-state index contributed by atoms with van der Waals surface area (Å²) >= 11 is 0. The molecule has 28 heavy (non-hydrogen) atoms. The fourth-order valence-electron chi connectivity index (χ4n) is 2.37. The van der Waals surface area contributed by atoms with Gasteiger partial charge in [-0.25, -0.2) is 4.79 Å². The first-order chi connectivity index (χ1) is 13.5. The smallest absolute Gasteiger partial charge is 0.341 e. The highest BCUT2D eigenvalue weighted by Crippen LogP contribution is 2.18. The van der Waals surface area contributed by atoms with Crippen molar-refractivity contribution in [2.75, 3.05) is 5.32 Å². The number of benzene rings is 1. The van der Waals surface area contributed by atoms with Gasteiger partial charge in [0, 0.05) is 0 Å². The monoisotopic (exact) mass is 382 g/mol. The molecule has 3 aromatic rings. The quantitative estimate of drug-likeness (QED) is 0.608. The van der Waals surface area contributed by atoms with Crippen LogP contribution in [0.15, 0.2) is 69.9 Å². The van der Waals surface area contributed by atoms with E-state index >= 15 is 0 Å². The maximum atomic E-state index is 12.5. The SMILES string of the molecule is C[C@H](OC(=O)c1ccccc1NC(=O)c1ccco1)C(=O)NCc1ccco1. The molecule has 2 N–H and O–H groups in total. The van der Waals surface area contributed by atoms with Crippen LogP contribution in [-0.4, -0.2) is 23.9 Å². The topological polar surface area (TPSA) is 111 Å². The number of hydrogen-bond donors (Lipinski definition) is 2. The minimum absolute atomic E-state index is 0.105. The number of esters is 1. The van der Waals surface area contributed by atoms with Gasteiger partial charge in [0.25, 0.3) is 11.8 Å². The molecule has 144 valence electrons. The van der Waals surface area contributed by atoms with E-state index in [2.05, 4.69) is 10.6 Å². The zero-order valence-electron chi connectivity index (χ0n) is 15.0. The standard InChI is InChI=1S/C20H18N2O6/c1-13(18(23)21-12-14-6-4-10-26-14)28-20(25)15-7-2-3-8-16(15)22-19(24)17-9-5-11-27-17/h2-11,13H,12H2,1H3,(H,21,23)(H,22,24)/t13-/m0/s1. The second kappa shape index (κ2) is 8.72. The zero-order valence-corrected chi connectivity index (χ0v) is 15.0. The van der Waals surface area contributed by atoms with E-state index in [0.29, 0.717) is 5.76 Å². The molecule has 2 heterocycles. The van der Waals surface area contributed by atoms with E-state index in [1.54, 1.807) is 36.4 Å². The summed E-state index contributed by atoms with van der Waals surface area (Å²) < 4.78 is 15.4. The first-order valence-electron chi connectivity index (χ1n) is 8.49. The number of hydrogen-bond acceptors (Lipinski definition) is 6. The number of amides is 2. The minimum atomic E-state index is -1.03. The summed E-state index contributed by atoms with van der Waals surface area (Å²) in [5.74, 6) is -1.03. The molecule has 8 heteroatoms. The summed E-state index contributed by atoms with van der Waals surface area (Å²) in [6.45, 7) is 1.64. The van der Waals surface area contributed by atoms with Gasteiger partial charge >= 0.3 is 5.97 Å². The Kier molecular flexibility index (Phi) is 5.91. The van der Waals surface area contributed by atoms with Crippen molar-refractivity contribution in [1.82, 2.24) is 5.32 Å². The number of ether oxygens (including phenoxy) is 1. The third-order valence-electron chi connectivity index (χ3n) is 3.81. The average Bonchev–Trinajstić information content (AvgIpc) is 3.40. The van der Waals surface area contributed by atoms with Crippen molar-refractivity contribution >= 4 is 23.5 Å². The van der Waals surface area contributed by atoms with Crippen LogP contribution in [0.4, 0.5) is 5.69 Å². The molecule has 2 aromatic heterocycles. The summed E-state index contributed by atoms with van der Waals surface area (Å²) in [5.41, 5.74) is 0.366. The van der Waals surface area contributed by atoms with Gasteiger partial charge in [0.05, 0.1) is 30.3 Å². The number of furan rings is 2. The summed E-state index contributed by atoms with van der Waals surface area (Å²) in [5, 5.41) is 5.21. The molecule has 0 radical (unpaired) electrons. The summed E-state index contributed by atoms with van der Waals surface area (Å²) in [6.07, 6.45) is 1.84. The van der Waals surface area contributed by atoms with E-state index in [4.69, 9.17) is 13.6 Å². The lowest BCUT2D eigenvalue weighted by Gasteiger charge is -2.15. The van der Waals surface area contributed by atoms with E-state index in [0.717, 1.165) is 0 Å². The van der Waals surface area contributed by atoms with E-state index in [-0.39, 0.29) is 23.6 Å². The lowest BCUT2D eigenvalue weighted by atomic mass is 10.1. The van der Waals surface area contributed by atoms with Crippen LogP contribution >= 0.6 is 0 Å². The van der Waals surface area contributed by atoms with Crippen LogP contribution in [-0.2, 0) is 16.1 Å². The molecule has 2 amide bonds. The van der Waals surface area contributed by atoms with E-state index in [1.807, 2.05) is 0 Å². The van der Waals surface area contributed by atoms with E-state index in [9.17, 15) is 14.4 Å². The van der Waals surface area contributed by atoms with Crippen molar-refractivity contribution < 1.29 is 28.0 Å². The van der Waals surface area contributed by atoms with Gasteiger partial charge in [-0.05, 0) is 43.3 Å². The van der Waals surface area contributed by atoms with Gasteiger partial charge in [0.1, 0.15) is 5.76 Å². The highest BCUT2D eigenvalue weighted by molar-refractivity contribution is 6.06. The van der Waals surface area contributed by atoms with E-state index < -0.39 is 23.9 Å². The molecule has 8 nitrogen and oxygen atoms in total. The summed E-state index contributed by atoms with van der Waals surface area (Å²) in [7, 11) is 0. The van der Waals surface area contributed by atoms with Crippen LogP contribution in [0.2, 0.25) is 0 Å². The second-order valence-electron chi connectivity index (χ2n) is 5.82. The van der Waals surface area contributed by atoms with Crippen molar-refractivity contribution in [3.8, 4) is 0 Å². The van der Waals surface area contributed by atoms with Crippen molar-refractivity contribution in [1.29, 1.82) is 0 Å². The molecular weight excluding hydrogens is 364 g/mol. The van der Waals surface area contributed by atoms with Gasteiger partial charge in [-0.15, -0.1) is 0 Å². The minimum Gasteiger partial charge on any atom is -0.467 e. The molecule has 0 unspecified atom stereocenters. The molecular formula is C20H18N2O6. The van der Waals surface area contributed by atoms with Crippen LogP contribution in [0.3, 0.4) is 0 Å². The number of anilines is 1. The molecule has 0 saturated heterocycles. The Balaban J connectivity index is 1.62. The third kappa shape index (κ3) is 4.67. The van der Waals surface area contributed by atoms with Gasteiger partial charge < -0.3 is 24.2 Å². The van der Waals surface area contributed by atoms with Crippen LogP contribution in [0.25, 0.3) is 0 Å². The van der Waals surface area contributed by atoms with Crippen LogP contribution in [0.1, 0.15) is 33.6 Å². The molecule has 3 rings (SSSR count). The lowest BCUT2D eigenvalue weighted by molar-refractivity contribution is -0.129. The van der Waals surface area contributed by atoms with Gasteiger partial charge in [0.15, 0.2) is 11.9 Å². The molecule has 0 spiro atoms. The Labute approximate surface area is 160 Å². The Bertz CT molecular complexity index is 947. The molecule has 0 aliphatic rings. The Morgan fingerprint density at radius 3 is 2.46 bits per heavy atom. The number of para-hydroxylation sites is 1. The normalized spacial score (nSPS) is 11.5. The molecule has 0 saturated carbocycles. The lowest BCUT2D eigenvalue weighted by Crippen LogP contribution is -2.35. The maximum Gasteiger partial charge on any atom is 0.341 e. The fourth-order valence-corrected chi connectivity index (χ4v) is 2.37. The van der Waals surface area contributed by atoms with Crippen LogP contribution in [0.5, 0.6) is 0 Å². The number of nitrogens with one attached hydrogen (secondary N) is 2. The largest absolute Gasteiger partial charge is 0.467 e. The van der Waals surface area contributed by atoms with Crippen molar-refractivity contribution in [3.05, 3.63) is 78.1 Å². The number of carbonyl (C=O) groups excluding carboxylic acids is 3. The molecule has 0 bridgehead atoms. The zero-order chi connectivity index (χ0) is 19.9. The fraction of sp³-hybridized carbons (Fsp3) is 0.150. The predicted octanol–water partition coefficient (Wildman–Crippen LogP) is 2.99.